The van der Waals surface area contributed by atoms with E-state index in [1.54, 1.807) is 44.4 Å². The predicted molar refractivity (Wildman–Crippen MR) is 124 cm³/mol. The van der Waals surface area contributed by atoms with Crippen molar-refractivity contribution in [1.29, 1.82) is 0 Å². The molecule has 0 unspecified atom stereocenters. The molecule has 1 amide bonds. The van der Waals surface area contributed by atoms with Crippen molar-refractivity contribution in [3.63, 3.8) is 0 Å². The minimum Gasteiger partial charge on any atom is -0.493 e. The maximum atomic E-state index is 12.3. The molecule has 9 heteroatoms. The third kappa shape index (κ3) is 7.33. The highest BCUT2D eigenvalue weighted by Gasteiger charge is 2.20. The minimum atomic E-state index is -3.51. The van der Waals surface area contributed by atoms with E-state index in [1.807, 2.05) is 19.1 Å². The summed E-state index contributed by atoms with van der Waals surface area (Å²) in [6, 6.07) is 12.2. The van der Waals surface area contributed by atoms with Gasteiger partial charge in [-0.05, 0) is 50.1 Å². The van der Waals surface area contributed by atoms with Gasteiger partial charge in [-0.3, -0.25) is 9.10 Å². The van der Waals surface area contributed by atoms with Gasteiger partial charge in [-0.25, -0.2) is 8.42 Å². The number of nitrogens with zero attached hydrogens (tertiary/aromatic N) is 1. The van der Waals surface area contributed by atoms with Crippen LogP contribution in [-0.2, 0) is 14.8 Å². The molecule has 1 N–H and O–H groups in total. The van der Waals surface area contributed by atoms with Crippen LogP contribution in [0.5, 0.6) is 11.5 Å². The van der Waals surface area contributed by atoms with Crippen molar-refractivity contribution in [1.82, 2.24) is 5.32 Å². The van der Waals surface area contributed by atoms with Gasteiger partial charge in [-0.1, -0.05) is 29.8 Å². The lowest BCUT2D eigenvalue weighted by Gasteiger charge is -2.24. The lowest BCUT2D eigenvalue weighted by atomic mass is 10.2. The van der Waals surface area contributed by atoms with Crippen LogP contribution in [0.4, 0.5) is 5.69 Å². The molecule has 2 aromatic rings. The number of ether oxygens (including phenoxy) is 2. The molecule has 0 saturated carbocycles. The highest BCUT2D eigenvalue weighted by Crippen LogP contribution is 2.28. The van der Waals surface area contributed by atoms with Crippen molar-refractivity contribution in [2.45, 2.75) is 32.7 Å². The van der Waals surface area contributed by atoms with Gasteiger partial charge in [-0.2, -0.15) is 0 Å². The van der Waals surface area contributed by atoms with Crippen LogP contribution >= 0.6 is 11.6 Å². The van der Waals surface area contributed by atoms with Gasteiger partial charge in [0, 0.05) is 18.0 Å². The average Bonchev–Trinajstić information content (AvgIpc) is 2.71. The fourth-order valence-electron chi connectivity index (χ4n) is 3.06. The molecule has 0 aliphatic carbocycles. The van der Waals surface area contributed by atoms with Crippen molar-refractivity contribution in [3.05, 3.63) is 53.1 Å². The molecule has 0 fully saturated rings. The Morgan fingerprint density at radius 3 is 2.48 bits per heavy atom. The van der Waals surface area contributed by atoms with Crippen LogP contribution in [0, 0.1) is 6.92 Å². The highest BCUT2D eigenvalue weighted by molar-refractivity contribution is 7.92. The number of methoxy groups -OCH3 is 1. The number of rotatable bonds is 11. The van der Waals surface area contributed by atoms with Gasteiger partial charge < -0.3 is 14.8 Å². The maximum absolute atomic E-state index is 12.3. The molecule has 7 nitrogen and oxygen atoms in total. The number of carbonyl (C=O) groups excluding carboxylic acids is 1. The Labute approximate surface area is 189 Å². The number of anilines is 1. The number of benzene rings is 2. The summed E-state index contributed by atoms with van der Waals surface area (Å²) in [7, 11) is -1.95. The largest absolute Gasteiger partial charge is 0.493 e. The van der Waals surface area contributed by atoms with Crippen molar-refractivity contribution < 1.29 is 22.7 Å². The molecule has 2 aromatic carbocycles. The molecule has 0 bridgehead atoms. The van der Waals surface area contributed by atoms with Gasteiger partial charge in [0.05, 0.1) is 25.1 Å². The number of carbonyl (C=O) groups is 1. The molecule has 0 spiro atoms. The molecule has 2 rings (SSSR count). The zero-order valence-corrected chi connectivity index (χ0v) is 19.8. The van der Waals surface area contributed by atoms with Gasteiger partial charge in [0.25, 0.3) is 0 Å². The van der Waals surface area contributed by atoms with Gasteiger partial charge >= 0.3 is 0 Å². The molecular weight excluding hydrogens is 440 g/mol. The van der Waals surface area contributed by atoms with Crippen LogP contribution in [0.3, 0.4) is 0 Å². The van der Waals surface area contributed by atoms with E-state index >= 15 is 0 Å². The molecule has 0 aliphatic heterocycles. The van der Waals surface area contributed by atoms with Gasteiger partial charge in [0.1, 0.15) is 6.61 Å². The summed E-state index contributed by atoms with van der Waals surface area (Å²) >= 11 is 6.14. The normalized spacial score (nSPS) is 12.2. The summed E-state index contributed by atoms with van der Waals surface area (Å²) in [6.45, 7) is 4.07. The average molecular weight is 469 g/mol. The third-order valence-corrected chi connectivity index (χ3v) is 6.23. The zero-order valence-electron chi connectivity index (χ0n) is 18.2. The van der Waals surface area contributed by atoms with E-state index in [4.69, 9.17) is 21.1 Å². The van der Waals surface area contributed by atoms with Crippen molar-refractivity contribution in [3.8, 4) is 11.5 Å². The van der Waals surface area contributed by atoms with Crippen LogP contribution in [0.1, 0.15) is 25.3 Å². The highest BCUT2D eigenvalue weighted by atomic mass is 35.5. The smallest absolute Gasteiger partial charge is 0.232 e. The first-order valence-electron chi connectivity index (χ1n) is 9.91. The first-order chi connectivity index (χ1) is 14.6. The Balaban J connectivity index is 1.87. The summed E-state index contributed by atoms with van der Waals surface area (Å²) in [5.74, 6) is 1.05. The molecule has 0 radical (unpaired) electrons. The quantitative estimate of drug-likeness (QED) is 0.542. The number of para-hydroxylation sites is 2. The second-order valence-electron chi connectivity index (χ2n) is 7.25. The Bertz CT molecular complexity index is 997. The number of sulfonamides is 1. The second-order valence-corrected chi connectivity index (χ2v) is 9.57. The van der Waals surface area contributed by atoms with Crippen molar-refractivity contribution in [2.75, 3.05) is 30.8 Å². The van der Waals surface area contributed by atoms with E-state index in [-0.39, 0.29) is 31.5 Å². The number of amides is 1. The molecule has 0 aromatic heterocycles. The fourth-order valence-corrected chi connectivity index (χ4v) is 4.24. The zero-order chi connectivity index (χ0) is 23.0. The number of nitrogens with one attached hydrogen (secondary N) is 1. The number of hydrogen-bond donors (Lipinski definition) is 1. The Hall–Kier alpha value is -2.45. The standard InChI is InChI=1S/C22H29ClN2O5S/c1-16(15-30-21-12-6-5-11-20(21)29-3)24-22(26)13-8-14-25(31(4,27)28)19-10-7-9-18(23)17(19)2/h5-7,9-12,16H,8,13-15H2,1-4H3,(H,24,26)/t16-/m1/s1. The van der Waals surface area contributed by atoms with E-state index < -0.39 is 10.0 Å². The lowest BCUT2D eigenvalue weighted by molar-refractivity contribution is -0.121. The fraction of sp³-hybridized carbons (Fsp3) is 0.409. The van der Waals surface area contributed by atoms with Crippen molar-refractivity contribution >= 4 is 33.2 Å². The third-order valence-electron chi connectivity index (χ3n) is 4.64. The lowest BCUT2D eigenvalue weighted by Crippen LogP contribution is -2.37. The summed E-state index contributed by atoms with van der Waals surface area (Å²) < 4.78 is 36.8. The van der Waals surface area contributed by atoms with Crippen LogP contribution in [0.2, 0.25) is 5.02 Å². The van der Waals surface area contributed by atoms with Crippen LogP contribution in [0.15, 0.2) is 42.5 Å². The van der Waals surface area contributed by atoms with E-state index in [1.165, 1.54) is 4.31 Å². The maximum Gasteiger partial charge on any atom is 0.232 e. The Kier molecular flexibility index (Phi) is 9.00. The number of halogens is 1. The molecule has 170 valence electrons. The van der Waals surface area contributed by atoms with Gasteiger partial charge in [0.15, 0.2) is 11.5 Å². The molecule has 0 heterocycles. The number of hydrogen-bond acceptors (Lipinski definition) is 5. The first kappa shape index (κ1) is 24.8. The Morgan fingerprint density at radius 1 is 1.16 bits per heavy atom. The molecule has 0 aliphatic rings. The Morgan fingerprint density at radius 2 is 1.84 bits per heavy atom. The SMILES string of the molecule is COc1ccccc1OC[C@@H](C)NC(=O)CCCN(c1cccc(Cl)c1C)S(C)(=O)=O. The summed E-state index contributed by atoms with van der Waals surface area (Å²) in [5, 5.41) is 3.36. The van der Waals surface area contributed by atoms with Gasteiger partial charge in [0.2, 0.25) is 15.9 Å². The molecule has 1 atom stereocenters. The van der Waals surface area contributed by atoms with E-state index in [2.05, 4.69) is 5.32 Å². The second kappa shape index (κ2) is 11.2. The molecule has 31 heavy (non-hydrogen) atoms. The van der Waals surface area contributed by atoms with E-state index in [0.717, 1.165) is 6.26 Å². The van der Waals surface area contributed by atoms with E-state index in [9.17, 15) is 13.2 Å². The monoisotopic (exact) mass is 468 g/mol. The van der Waals surface area contributed by atoms with E-state index in [0.29, 0.717) is 34.2 Å². The predicted octanol–water partition coefficient (Wildman–Crippen LogP) is 3.79. The summed E-state index contributed by atoms with van der Waals surface area (Å²) in [6.07, 6.45) is 1.69. The van der Waals surface area contributed by atoms with Crippen LogP contribution in [0.25, 0.3) is 0 Å². The van der Waals surface area contributed by atoms with Crippen molar-refractivity contribution in [2.24, 2.45) is 0 Å². The first-order valence-corrected chi connectivity index (χ1v) is 12.1. The summed E-state index contributed by atoms with van der Waals surface area (Å²) in [4.78, 5) is 12.3. The van der Waals surface area contributed by atoms with Gasteiger partial charge in [-0.15, -0.1) is 0 Å². The minimum absolute atomic E-state index is 0.174. The summed E-state index contributed by atoms with van der Waals surface area (Å²) in [5.41, 5.74) is 1.20. The molecule has 0 saturated heterocycles. The van der Waals surface area contributed by atoms with Crippen LogP contribution in [-0.4, -0.2) is 46.9 Å². The molecular formula is C22H29ClN2O5S. The topological polar surface area (TPSA) is 84.9 Å². The van der Waals surface area contributed by atoms with Crippen LogP contribution < -0.4 is 19.1 Å².